The minimum Gasteiger partial charge on any atom is -0.507 e. The van der Waals surface area contributed by atoms with E-state index in [-0.39, 0.29) is 24.0 Å². The van der Waals surface area contributed by atoms with Crippen LogP contribution in [0.2, 0.25) is 0 Å². The number of ketones is 1. The smallest absolute Gasteiger partial charge is 0.295 e. The first-order chi connectivity index (χ1) is 18.3. The standard InChI is InChI=1S/C32H33NO5/c1-20(2)14-15-37-26-11-7-10-23(18-26)29-28(30(34)24-12-13-27-25(17-24)16-21(3)38-27)31(35)32(36)33(29)19-22-8-5-4-6-9-22/h4-13,17-18,20-21,29,34H,14-16,19H2,1-3H3/b30-28-. The van der Waals surface area contributed by atoms with Gasteiger partial charge in [0.05, 0.1) is 18.2 Å². The van der Waals surface area contributed by atoms with E-state index in [1.54, 1.807) is 6.07 Å². The van der Waals surface area contributed by atoms with Crippen LogP contribution in [0.25, 0.3) is 5.76 Å². The summed E-state index contributed by atoms with van der Waals surface area (Å²) in [6.45, 7) is 7.08. The lowest BCUT2D eigenvalue weighted by molar-refractivity contribution is -0.140. The minimum absolute atomic E-state index is 0.0530. The summed E-state index contributed by atoms with van der Waals surface area (Å²) in [4.78, 5) is 28.4. The van der Waals surface area contributed by atoms with E-state index in [1.165, 1.54) is 4.90 Å². The van der Waals surface area contributed by atoms with Crippen LogP contribution in [-0.4, -0.2) is 34.4 Å². The molecule has 2 aliphatic rings. The molecule has 0 spiro atoms. The first-order valence-corrected chi connectivity index (χ1v) is 13.2. The number of likely N-dealkylation sites (tertiary alicyclic amines) is 1. The van der Waals surface area contributed by atoms with Crippen molar-refractivity contribution in [1.82, 2.24) is 4.90 Å². The average molecular weight is 512 g/mol. The van der Waals surface area contributed by atoms with Gasteiger partial charge in [-0.25, -0.2) is 0 Å². The lowest BCUT2D eigenvalue weighted by atomic mass is 9.94. The first kappa shape index (κ1) is 25.6. The molecule has 2 heterocycles. The van der Waals surface area contributed by atoms with Crippen LogP contribution in [0.5, 0.6) is 11.5 Å². The van der Waals surface area contributed by atoms with Crippen molar-refractivity contribution in [2.24, 2.45) is 5.92 Å². The maximum Gasteiger partial charge on any atom is 0.295 e. The summed E-state index contributed by atoms with van der Waals surface area (Å²) >= 11 is 0. The van der Waals surface area contributed by atoms with Crippen LogP contribution in [-0.2, 0) is 22.6 Å². The molecular formula is C32H33NO5. The number of rotatable bonds is 8. The Bertz CT molecular complexity index is 1380. The number of benzene rings is 3. The van der Waals surface area contributed by atoms with Crippen molar-refractivity contribution in [2.75, 3.05) is 6.61 Å². The summed E-state index contributed by atoms with van der Waals surface area (Å²) in [5.41, 5.74) is 3.15. The molecule has 1 fully saturated rings. The van der Waals surface area contributed by atoms with Crippen molar-refractivity contribution in [3.05, 3.63) is 101 Å². The number of Topliss-reactive ketones (excluding diaryl/α,β-unsaturated/α-hetero) is 1. The summed E-state index contributed by atoms with van der Waals surface area (Å²) in [6, 6.07) is 21.6. The van der Waals surface area contributed by atoms with Crippen molar-refractivity contribution in [1.29, 1.82) is 0 Å². The Labute approximate surface area is 223 Å². The highest BCUT2D eigenvalue weighted by molar-refractivity contribution is 6.46. The molecule has 196 valence electrons. The van der Waals surface area contributed by atoms with E-state index in [9.17, 15) is 14.7 Å². The summed E-state index contributed by atoms with van der Waals surface area (Å²) in [5.74, 6) is 0.442. The number of carbonyl (C=O) groups excluding carboxylic acids is 2. The van der Waals surface area contributed by atoms with E-state index < -0.39 is 17.7 Å². The van der Waals surface area contributed by atoms with E-state index in [0.717, 1.165) is 29.7 Å². The Hall–Kier alpha value is -4.06. The maximum atomic E-state index is 13.5. The number of hydrogen-bond acceptors (Lipinski definition) is 5. The SMILES string of the molecule is CC(C)CCOc1cccc(C2/C(=C(/O)c3ccc4c(c3)CC(C)O4)C(=O)C(=O)N2Cc2ccccc2)c1. The number of ether oxygens (including phenoxy) is 2. The zero-order valence-corrected chi connectivity index (χ0v) is 22.0. The number of fused-ring (bicyclic) bond motifs is 1. The van der Waals surface area contributed by atoms with Crippen LogP contribution in [0.3, 0.4) is 0 Å². The fourth-order valence-corrected chi connectivity index (χ4v) is 5.08. The Kier molecular flexibility index (Phi) is 7.23. The molecule has 2 unspecified atom stereocenters. The fraction of sp³-hybridized carbons (Fsp3) is 0.312. The molecule has 6 nitrogen and oxygen atoms in total. The summed E-state index contributed by atoms with van der Waals surface area (Å²) < 4.78 is 11.8. The van der Waals surface area contributed by atoms with Gasteiger partial charge >= 0.3 is 0 Å². The van der Waals surface area contributed by atoms with Gasteiger partial charge in [0.15, 0.2) is 0 Å². The second-order valence-electron chi connectivity index (χ2n) is 10.5. The lowest BCUT2D eigenvalue weighted by Crippen LogP contribution is -2.29. The summed E-state index contributed by atoms with van der Waals surface area (Å²) in [7, 11) is 0. The molecule has 1 amide bonds. The zero-order valence-electron chi connectivity index (χ0n) is 22.0. The average Bonchev–Trinajstić information content (AvgIpc) is 3.40. The van der Waals surface area contributed by atoms with Gasteiger partial charge in [-0.2, -0.15) is 0 Å². The highest BCUT2D eigenvalue weighted by Gasteiger charge is 2.46. The molecule has 0 aromatic heterocycles. The van der Waals surface area contributed by atoms with E-state index in [2.05, 4.69) is 13.8 Å². The third-order valence-electron chi connectivity index (χ3n) is 7.04. The quantitative estimate of drug-likeness (QED) is 0.226. The fourth-order valence-electron chi connectivity index (χ4n) is 5.08. The molecular weight excluding hydrogens is 478 g/mol. The zero-order chi connectivity index (χ0) is 26.8. The van der Waals surface area contributed by atoms with E-state index in [1.807, 2.05) is 73.7 Å². The van der Waals surface area contributed by atoms with Gasteiger partial charge in [0, 0.05) is 18.5 Å². The first-order valence-electron chi connectivity index (χ1n) is 13.2. The number of amides is 1. The van der Waals surface area contributed by atoms with Crippen molar-refractivity contribution in [3.63, 3.8) is 0 Å². The van der Waals surface area contributed by atoms with Gasteiger partial charge in [0.25, 0.3) is 11.7 Å². The molecule has 0 saturated carbocycles. The second-order valence-corrected chi connectivity index (χ2v) is 10.5. The van der Waals surface area contributed by atoms with Crippen LogP contribution in [0, 0.1) is 5.92 Å². The summed E-state index contributed by atoms with van der Waals surface area (Å²) in [6.07, 6.45) is 1.69. The van der Waals surface area contributed by atoms with Gasteiger partial charge in [-0.05, 0) is 66.3 Å². The Morgan fingerprint density at radius 3 is 2.61 bits per heavy atom. The molecule has 0 bridgehead atoms. The number of hydrogen-bond donors (Lipinski definition) is 1. The molecule has 1 N–H and O–H groups in total. The monoisotopic (exact) mass is 511 g/mol. The lowest BCUT2D eigenvalue weighted by Gasteiger charge is -2.26. The highest BCUT2D eigenvalue weighted by atomic mass is 16.5. The van der Waals surface area contributed by atoms with Crippen LogP contribution in [0.4, 0.5) is 0 Å². The molecule has 0 radical (unpaired) electrons. The van der Waals surface area contributed by atoms with Gasteiger partial charge < -0.3 is 19.5 Å². The maximum absolute atomic E-state index is 13.5. The summed E-state index contributed by atoms with van der Waals surface area (Å²) in [5, 5.41) is 11.5. The van der Waals surface area contributed by atoms with Crippen molar-refractivity contribution < 1.29 is 24.2 Å². The van der Waals surface area contributed by atoms with Crippen LogP contribution < -0.4 is 9.47 Å². The highest BCUT2D eigenvalue weighted by Crippen LogP contribution is 2.42. The van der Waals surface area contributed by atoms with Gasteiger partial charge in [0.2, 0.25) is 0 Å². The van der Waals surface area contributed by atoms with E-state index in [0.29, 0.717) is 29.4 Å². The van der Waals surface area contributed by atoms with E-state index >= 15 is 0 Å². The largest absolute Gasteiger partial charge is 0.507 e. The Morgan fingerprint density at radius 1 is 1.05 bits per heavy atom. The predicted octanol–water partition coefficient (Wildman–Crippen LogP) is 6.06. The van der Waals surface area contributed by atoms with Crippen molar-refractivity contribution >= 4 is 17.4 Å². The molecule has 2 atom stereocenters. The Balaban J connectivity index is 1.57. The topological polar surface area (TPSA) is 76.1 Å². The second kappa shape index (κ2) is 10.7. The molecule has 3 aromatic rings. The van der Waals surface area contributed by atoms with Gasteiger partial charge in [-0.3, -0.25) is 9.59 Å². The van der Waals surface area contributed by atoms with Gasteiger partial charge in [-0.15, -0.1) is 0 Å². The third kappa shape index (κ3) is 5.17. The molecule has 2 aliphatic heterocycles. The van der Waals surface area contributed by atoms with Gasteiger partial charge in [-0.1, -0.05) is 56.3 Å². The molecule has 5 rings (SSSR count). The number of aliphatic hydroxyl groups is 1. The normalized spacial score (nSPS) is 20.1. The van der Waals surface area contributed by atoms with Crippen LogP contribution in [0.15, 0.2) is 78.4 Å². The van der Waals surface area contributed by atoms with Crippen molar-refractivity contribution in [3.8, 4) is 11.5 Å². The van der Waals surface area contributed by atoms with Crippen molar-refractivity contribution in [2.45, 2.75) is 52.3 Å². The van der Waals surface area contributed by atoms with E-state index in [4.69, 9.17) is 9.47 Å². The number of nitrogens with zero attached hydrogens (tertiary/aromatic N) is 1. The molecule has 6 heteroatoms. The molecule has 0 aliphatic carbocycles. The third-order valence-corrected chi connectivity index (χ3v) is 7.04. The molecule has 3 aromatic carbocycles. The molecule has 38 heavy (non-hydrogen) atoms. The minimum atomic E-state index is -0.757. The number of aliphatic hydroxyl groups excluding tert-OH is 1. The Morgan fingerprint density at radius 2 is 1.84 bits per heavy atom. The molecule has 1 saturated heterocycles. The van der Waals surface area contributed by atoms with Crippen LogP contribution in [0.1, 0.15) is 55.5 Å². The van der Waals surface area contributed by atoms with Gasteiger partial charge in [0.1, 0.15) is 23.4 Å². The number of carbonyl (C=O) groups is 2. The van der Waals surface area contributed by atoms with Crippen LogP contribution >= 0.6 is 0 Å². The predicted molar refractivity (Wildman–Crippen MR) is 146 cm³/mol.